The third kappa shape index (κ3) is 22.4. The van der Waals surface area contributed by atoms with Gasteiger partial charge >= 0.3 is 6.18 Å². The summed E-state index contributed by atoms with van der Waals surface area (Å²) < 4.78 is 40.6. The molecule has 2 amide bonds. The molecule has 2 aromatic rings. The van der Waals surface area contributed by atoms with Crippen molar-refractivity contribution >= 4 is 46.2 Å². The summed E-state index contributed by atoms with van der Waals surface area (Å²) in [5, 5.41) is 10.9. The van der Waals surface area contributed by atoms with Gasteiger partial charge in [-0.25, -0.2) is 4.85 Å². The van der Waals surface area contributed by atoms with E-state index in [1.54, 1.807) is 24.9 Å². The summed E-state index contributed by atoms with van der Waals surface area (Å²) in [6, 6.07) is 12.2. The Morgan fingerprint density at radius 3 is 1.23 bits per heavy atom. The number of carbonyl (C=O) groups excluding carboxylic acids is 2. The predicted molar refractivity (Wildman–Crippen MR) is 300 cm³/mol. The van der Waals surface area contributed by atoms with Gasteiger partial charge in [-0.2, -0.15) is 18.4 Å². The Morgan fingerprint density at radius 2 is 0.937 bits per heavy atom. The van der Waals surface area contributed by atoms with Gasteiger partial charge in [0.15, 0.2) is 16.9 Å². The lowest BCUT2D eigenvalue weighted by Gasteiger charge is -2.43. The summed E-state index contributed by atoms with van der Waals surface area (Å²) in [5.41, 5.74) is -0.970. The maximum atomic E-state index is 13.5. The van der Waals surface area contributed by atoms with E-state index in [0.717, 1.165) is 29.0 Å². The lowest BCUT2D eigenvalue weighted by molar-refractivity contribution is -0.137. The van der Waals surface area contributed by atoms with E-state index in [-0.39, 0.29) is 22.6 Å². The number of halogens is 3. The van der Waals surface area contributed by atoms with Gasteiger partial charge in [0.05, 0.1) is 12.1 Å². The molecule has 0 atom stereocenters. The molecule has 4 rings (SSSR count). The highest BCUT2D eigenvalue weighted by molar-refractivity contribution is 7.81. The molecule has 0 radical (unpaired) electrons. The second-order valence-electron chi connectivity index (χ2n) is 13.8. The van der Waals surface area contributed by atoms with E-state index in [4.69, 9.17) is 24.1 Å². The van der Waals surface area contributed by atoms with Crippen LogP contribution in [0.5, 0.6) is 0 Å². The van der Waals surface area contributed by atoms with Crippen molar-refractivity contribution in [1.29, 1.82) is 5.26 Å². The molecular formula is C68H24F3N5O2S. The molecule has 1 aliphatic carbocycles. The van der Waals surface area contributed by atoms with Gasteiger partial charge in [0, 0.05) is 220 Å². The number of nitriles is 1. The predicted octanol–water partition coefficient (Wildman–Crippen LogP) is 5.60. The Hall–Kier alpha value is -13.2. The van der Waals surface area contributed by atoms with Gasteiger partial charge in [-0.1, -0.05) is 24.1 Å². The average molecular weight is 1030 g/mol. The number of rotatable bonds is 5. The van der Waals surface area contributed by atoms with E-state index in [1.165, 1.54) is 6.07 Å². The van der Waals surface area contributed by atoms with Crippen LogP contribution in [0.1, 0.15) is 43.7 Å². The first kappa shape index (κ1) is 60.1. The second-order valence-corrected chi connectivity index (χ2v) is 14.1. The monoisotopic (exact) mass is 1030 g/mol. The molecule has 1 saturated heterocycles. The number of carbonyl (C=O) groups is 2. The number of nitrogens with zero attached hydrogens (tertiary/aromatic N) is 4. The summed E-state index contributed by atoms with van der Waals surface area (Å²) in [7, 11) is 1.58. The van der Waals surface area contributed by atoms with Crippen LogP contribution in [0.25, 0.3) is 4.85 Å². The maximum absolute atomic E-state index is 13.5. The number of alkyl halides is 3. The summed E-state index contributed by atoms with van der Waals surface area (Å²) >= 11 is 5.62. The minimum Gasteiger partial charge on any atom is -0.359 e. The van der Waals surface area contributed by atoms with Crippen LogP contribution in [0.15, 0.2) is 42.5 Å². The van der Waals surface area contributed by atoms with Crippen molar-refractivity contribution in [2.24, 2.45) is 0 Å². The fourth-order valence-corrected chi connectivity index (χ4v) is 6.17. The Bertz CT molecular complexity index is 4400. The van der Waals surface area contributed by atoms with Crippen molar-refractivity contribution in [3.8, 4) is 255 Å². The van der Waals surface area contributed by atoms with Gasteiger partial charge in [0.25, 0.3) is 5.91 Å². The normalized spacial score (nSPS) is 9.56. The first-order valence-electron chi connectivity index (χ1n) is 21.9. The Kier molecular flexibility index (Phi) is 27.3. The largest absolute Gasteiger partial charge is 0.407 e. The summed E-state index contributed by atoms with van der Waals surface area (Å²) in [4.78, 5) is 30.8. The smallest absolute Gasteiger partial charge is 0.359 e. The number of amides is 2. The van der Waals surface area contributed by atoms with Gasteiger partial charge < -0.3 is 10.2 Å². The fraction of sp³-hybridized carbons (Fsp3) is 0.132. The van der Waals surface area contributed by atoms with Gasteiger partial charge in [-0.3, -0.25) is 14.5 Å². The fourth-order valence-electron chi connectivity index (χ4n) is 5.70. The molecule has 1 heterocycles. The molecule has 7 nitrogen and oxygen atoms in total. The summed E-state index contributed by atoms with van der Waals surface area (Å²) in [6.45, 7) is 8.73. The van der Waals surface area contributed by atoms with Crippen molar-refractivity contribution in [2.75, 3.05) is 16.8 Å². The zero-order valence-electron chi connectivity index (χ0n) is 41.2. The molecule has 79 heavy (non-hydrogen) atoms. The highest BCUT2D eigenvalue weighted by Gasteiger charge is 2.59. The molecule has 1 saturated carbocycles. The average Bonchev–Trinajstić information content (AvgIpc) is 3.25. The quantitative estimate of drug-likeness (QED) is 0.240. The van der Waals surface area contributed by atoms with Gasteiger partial charge in [0.1, 0.15) is 5.54 Å². The van der Waals surface area contributed by atoms with Crippen LogP contribution in [-0.2, 0) is 22.2 Å². The molecule has 1 N–H and O–H groups in total. The Labute approximate surface area is 464 Å². The molecule has 360 valence electrons. The zero-order chi connectivity index (χ0) is 57.1. The van der Waals surface area contributed by atoms with Gasteiger partial charge in [-0.15, -0.1) is 0 Å². The lowest BCUT2D eigenvalue weighted by atomic mass is 9.75. The van der Waals surface area contributed by atoms with Crippen LogP contribution in [-0.4, -0.2) is 29.5 Å². The number of anilines is 2. The highest BCUT2D eigenvalue weighted by atomic mass is 32.1. The SMILES string of the molecule is CC#CC#CC#CC#CC#CC#CC#CC#CC#CC#CC#CC#CC#CC#CC#CC#CC#CC#CC#CC#CC#CC#N.[C-]#[N+]c1ccc(N2C(=O)C3(CCC3)N(c3ccc(CCC(=O)NC)cc3)C2=S)cc1C(F)(F)F. The number of hydrogen-bond donors (Lipinski definition) is 1. The molecule has 1 aliphatic heterocycles. The van der Waals surface area contributed by atoms with E-state index in [1.807, 2.05) is 24.3 Å². The lowest BCUT2D eigenvalue weighted by Crippen LogP contribution is -2.55. The third-order valence-electron chi connectivity index (χ3n) is 9.05. The maximum Gasteiger partial charge on any atom is 0.407 e. The summed E-state index contributed by atoms with van der Waals surface area (Å²) in [6.07, 6.45) is -1.98. The van der Waals surface area contributed by atoms with Crippen LogP contribution in [0.2, 0.25) is 0 Å². The third-order valence-corrected chi connectivity index (χ3v) is 9.42. The van der Waals surface area contributed by atoms with Gasteiger partial charge in [-0.05, 0) is 122 Å². The molecule has 11 heteroatoms. The van der Waals surface area contributed by atoms with Crippen LogP contribution >= 0.6 is 12.2 Å². The van der Waals surface area contributed by atoms with E-state index in [9.17, 15) is 22.8 Å². The van der Waals surface area contributed by atoms with Crippen molar-refractivity contribution in [3.63, 3.8) is 0 Å². The van der Waals surface area contributed by atoms with Crippen LogP contribution in [0.4, 0.5) is 30.2 Å². The van der Waals surface area contributed by atoms with E-state index in [2.05, 4.69) is 259 Å². The molecule has 2 fully saturated rings. The number of nitrogens with one attached hydrogen (secondary N) is 1. The molecule has 1 spiro atoms. The Morgan fingerprint density at radius 1 is 0.595 bits per heavy atom. The minimum absolute atomic E-state index is 0.00861. The van der Waals surface area contributed by atoms with Crippen LogP contribution in [0.3, 0.4) is 0 Å². The molecular weight excluding hydrogens is 1010 g/mol. The summed E-state index contributed by atoms with van der Waals surface area (Å²) in [5.74, 6) is 104. The highest BCUT2D eigenvalue weighted by Crippen LogP contribution is 2.49. The molecule has 0 unspecified atom stereocenters. The van der Waals surface area contributed by atoms with E-state index in [0.29, 0.717) is 31.4 Å². The molecule has 0 aromatic heterocycles. The van der Waals surface area contributed by atoms with Crippen molar-refractivity contribution in [3.05, 3.63) is 65.0 Å². The van der Waals surface area contributed by atoms with Gasteiger partial charge in [0.2, 0.25) is 5.91 Å². The first-order valence-corrected chi connectivity index (χ1v) is 22.3. The van der Waals surface area contributed by atoms with Crippen LogP contribution in [0, 0.1) is 267 Å². The van der Waals surface area contributed by atoms with E-state index < -0.39 is 23.0 Å². The standard InChI is InChI=1S/C44H3N.C24H21F3N4O2S/c1-2-3-4-5-6-7-8-9-10-11-12-13-14-15-16-17-18-19-20-21-22-23-24-25-26-27-28-29-30-31-32-33-34-35-36-37-38-39-40-41-42-43-44-45;1-28-19-10-9-17(14-18(19)24(25,26)27)30-21(33)23(12-3-13-23)31(22(30)34)16-7-4-15(5-8-16)6-11-20(32)29-2/h1H3;4-5,7-10,14H,3,6,11-13H2,2H3,(H,29,32). The van der Waals surface area contributed by atoms with E-state index >= 15 is 0 Å². The number of benzene rings is 2. The number of thiocarbonyl (C=S) groups is 1. The topological polar surface area (TPSA) is 80.8 Å². The zero-order valence-corrected chi connectivity index (χ0v) is 42.0. The minimum atomic E-state index is -4.74. The first-order chi connectivity index (χ1) is 38.5. The number of aryl methyl sites for hydroxylation is 1. The molecule has 2 aliphatic rings. The van der Waals surface area contributed by atoms with Crippen molar-refractivity contribution in [1.82, 2.24) is 5.32 Å². The van der Waals surface area contributed by atoms with Crippen molar-refractivity contribution in [2.45, 2.75) is 50.7 Å². The molecule has 2 aromatic carbocycles. The second kappa shape index (κ2) is 35.8. The number of hydrogen-bond acceptors (Lipinski definition) is 4. The van der Waals surface area contributed by atoms with Crippen LogP contribution < -0.4 is 15.1 Å². The molecule has 0 bridgehead atoms. The van der Waals surface area contributed by atoms with Crippen molar-refractivity contribution < 1.29 is 22.8 Å². The Balaban J connectivity index is 0.000000429.